The highest BCUT2D eigenvalue weighted by Crippen LogP contribution is 2.30. The van der Waals surface area contributed by atoms with Crippen LogP contribution in [-0.2, 0) is 15.1 Å². The SMILES string of the molecule is CCOc1ccc(Oc2ccc(NC(=O)CN3C(=O)NC(C)(c4ccc(Cl)cc4)C3=O)cc2)cc1. The first-order chi connectivity index (χ1) is 16.8. The lowest BCUT2D eigenvalue weighted by molar-refractivity contribution is -0.133. The standard InChI is InChI=1S/C26H24ClN3O5/c1-3-34-20-12-14-22(15-13-20)35-21-10-8-19(9-11-21)28-23(31)16-30-24(32)26(2,29-25(30)33)17-4-6-18(27)7-5-17/h4-15H,3,16H2,1-2H3,(H,28,31)(H,29,33). The predicted molar refractivity (Wildman–Crippen MR) is 132 cm³/mol. The van der Waals surface area contributed by atoms with Crippen LogP contribution in [0.15, 0.2) is 72.8 Å². The Labute approximate surface area is 207 Å². The highest BCUT2D eigenvalue weighted by molar-refractivity contribution is 6.30. The van der Waals surface area contributed by atoms with Gasteiger partial charge in [0.15, 0.2) is 0 Å². The van der Waals surface area contributed by atoms with E-state index in [4.69, 9.17) is 21.1 Å². The molecule has 35 heavy (non-hydrogen) atoms. The van der Waals surface area contributed by atoms with Crippen LogP contribution < -0.4 is 20.1 Å². The Hall–Kier alpha value is -4.04. The van der Waals surface area contributed by atoms with Crippen LogP contribution in [0.1, 0.15) is 19.4 Å². The monoisotopic (exact) mass is 493 g/mol. The van der Waals surface area contributed by atoms with Gasteiger partial charge in [0.25, 0.3) is 5.91 Å². The lowest BCUT2D eigenvalue weighted by atomic mass is 9.92. The molecule has 180 valence electrons. The molecule has 1 fully saturated rings. The summed E-state index contributed by atoms with van der Waals surface area (Å²) in [5, 5.41) is 5.88. The van der Waals surface area contributed by atoms with Crippen molar-refractivity contribution in [2.75, 3.05) is 18.5 Å². The van der Waals surface area contributed by atoms with E-state index in [9.17, 15) is 14.4 Å². The molecule has 1 aliphatic rings. The molecule has 0 aliphatic carbocycles. The van der Waals surface area contributed by atoms with E-state index in [0.717, 1.165) is 10.6 Å². The molecule has 4 rings (SSSR count). The van der Waals surface area contributed by atoms with E-state index < -0.39 is 29.9 Å². The van der Waals surface area contributed by atoms with Gasteiger partial charge >= 0.3 is 6.03 Å². The summed E-state index contributed by atoms with van der Waals surface area (Å²) in [5.41, 5.74) is -0.199. The van der Waals surface area contributed by atoms with Crippen molar-refractivity contribution in [3.63, 3.8) is 0 Å². The Kier molecular flexibility index (Phi) is 6.93. The average molecular weight is 494 g/mol. The molecule has 4 amide bonds. The number of imide groups is 1. The van der Waals surface area contributed by atoms with Crippen molar-refractivity contribution >= 4 is 35.1 Å². The summed E-state index contributed by atoms with van der Waals surface area (Å²) >= 11 is 5.92. The van der Waals surface area contributed by atoms with Crippen LogP contribution in [0.4, 0.5) is 10.5 Å². The van der Waals surface area contributed by atoms with Gasteiger partial charge in [-0.2, -0.15) is 0 Å². The molecule has 9 heteroatoms. The number of anilines is 1. The molecule has 1 unspecified atom stereocenters. The Morgan fingerprint density at radius 3 is 2.11 bits per heavy atom. The third-order valence-electron chi connectivity index (χ3n) is 5.51. The maximum Gasteiger partial charge on any atom is 0.325 e. The number of amides is 4. The second-order valence-corrected chi connectivity index (χ2v) is 8.47. The van der Waals surface area contributed by atoms with E-state index >= 15 is 0 Å². The highest BCUT2D eigenvalue weighted by Gasteiger charge is 2.49. The zero-order valence-electron chi connectivity index (χ0n) is 19.2. The van der Waals surface area contributed by atoms with Gasteiger partial charge in [0, 0.05) is 10.7 Å². The summed E-state index contributed by atoms with van der Waals surface area (Å²) in [6.07, 6.45) is 0. The quantitative estimate of drug-likeness (QED) is 0.433. The van der Waals surface area contributed by atoms with Crippen LogP contribution in [0, 0.1) is 0 Å². The van der Waals surface area contributed by atoms with E-state index in [0.29, 0.717) is 34.4 Å². The van der Waals surface area contributed by atoms with Gasteiger partial charge in [0.2, 0.25) is 5.91 Å². The van der Waals surface area contributed by atoms with Crippen LogP contribution in [0.3, 0.4) is 0 Å². The molecule has 3 aromatic rings. The molecule has 8 nitrogen and oxygen atoms in total. The summed E-state index contributed by atoms with van der Waals surface area (Å²) in [5.74, 6) is 0.970. The topological polar surface area (TPSA) is 97.0 Å². The maximum atomic E-state index is 13.0. The lowest BCUT2D eigenvalue weighted by Crippen LogP contribution is -2.42. The molecule has 3 aromatic carbocycles. The van der Waals surface area contributed by atoms with E-state index in [-0.39, 0.29) is 0 Å². The van der Waals surface area contributed by atoms with Gasteiger partial charge in [-0.05, 0) is 80.1 Å². The molecule has 1 heterocycles. The zero-order valence-corrected chi connectivity index (χ0v) is 20.0. The minimum Gasteiger partial charge on any atom is -0.494 e. The zero-order chi connectivity index (χ0) is 25.0. The average Bonchev–Trinajstić information content (AvgIpc) is 3.06. The third-order valence-corrected chi connectivity index (χ3v) is 5.76. The summed E-state index contributed by atoms with van der Waals surface area (Å²) in [6, 6.07) is 20.0. The molecule has 1 saturated heterocycles. The number of ether oxygens (including phenoxy) is 2. The van der Waals surface area contributed by atoms with Crippen molar-refractivity contribution in [3.8, 4) is 17.2 Å². The van der Waals surface area contributed by atoms with Gasteiger partial charge in [-0.25, -0.2) is 4.79 Å². The normalized spacial score (nSPS) is 17.2. The second-order valence-electron chi connectivity index (χ2n) is 8.03. The van der Waals surface area contributed by atoms with E-state index in [1.807, 2.05) is 19.1 Å². The fraction of sp³-hybridized carbons (Fsp3) is 0.192. The van der Waals surface area contributed by atoms with Gasteiger partial charge in [-0.1, -0.05) is 23.7 Å². The molecule has 1 aliphatic heterocycles. The summed E-state index contributed by atoms with van der Waals surface area (Å²) < 4.78 is 11.2. The number of urea groups is 1. The van der Waals surface area contributed by atoms with Crippen molar-refractivity contribution in [2.24, 2.45) is 0 Å². The minimum atomic E-state index is -1.28. The van der Waals surface area contributed by atoms with Crippen molar-refractivity contribution < 1.29 is 23.9 Å². The van der Waals surface area contributed by atoms with Gasteiger partial charge in [0.05, 0.1) is 6.61 Å². The van der Waals surface area contributed by atoms with E-state index in [1.165, 1.54) is 0 Å². The maximum absolute atomic E-state index is 13.0. The molecule has 2 N–H and O–H groups in total. The number of nitrogens with one attached hydrogen (secondary N) is 2. The highest BCUT2D eigenvalue weighted by atomic mass is 35.5. The molecule has 0 aromatic heterocycles. The molecule has 0 bridgehead atoms. The smallest absolute Gasteiger partial charge is 0.325 e. The van der Waals surface area contributed by atoms with Crippen LogP contribution in [0.2, 0.25) is 5.02 Å². The largest absolute Gasteiger partial charge is 0.494 e. The van der Waals surface area contributed by atoms with E-state index in [1.54, 1.807) is 67.6 Å². The Balaban J connectivity index is 1.35. The molecular weight excluding hydrogens is 470 g/mol. The van der Waals surface area contributed by atoms with Gasteiger partial charge in [-0.3, -0.25) is 14.5 Å². The summed E-state index contributed by atoms with van der Waals surface area (Å²) in [7, 11) is 0. The molecule has 0 saturated carbocycles. The van der Waals surface area contributed by atoms with Crippen molar-refractivity contribution in [1.82, 2.24) is 10.2 Å². The van der Waals surface area contributed by atoms with E-state index in [2.05, 4.69) is 10.6 Å². The predicted octanol–water partition coefficient (Wildman–Crippen LogP) is 4.94. The van der Waals surface area contributed by atoms with Gasteiger partial charge in [-0.15, -0.1) is 0 Å². The van der Waals surface area contributed by atoms with Crippen molar-refractivity contribution in [2.45, 2.75) is 19.4 Å². The first-order valence-corrected chi connectivity index (χ1v) is 11.4. The molecular formula is C26H24ClN3O5. The number of benzene rings is 3. The lowest BCUT2D eigenvalue weighted by Gasteiger charge is -2.22. The van der Waals surface area contributed by atoms with Crippen molar-refractivity contribution in [1.29, 1.82) is 0 Å². The number of carbonyl (C=O) groups excluding carboxylic acids is 3. The first-order valence-electron chi connectivity index (χ1n) is 11.0. The first kappa shape index (κ1) is 24.1. The number of carbonyl (C=O) groups is 3. The van der Waals surface area contributed by atoms with Gasteiger partial charge < -0.3 is 20.1 Å². The van der Waals surface area contributed by atoms with Crippen LogP contribution in [0.25, 0.3) is 0 Å². The third kappa shape index (κ3) is 5.38. The van der Waals surface area contributed by atoms with Crippen LogP contribution >= 0.6 is 11.6 Å². The number of hydrogen-bond donors (Lipinski definition) is 2. The minimum absolute atomic E-state index is 0.418. The second kappa shape index (κ2) is 10.1. The molecule has 0 radical (unpaired) electrons. The van der Waals surface area contributed by atoms with Crippen molar-refractivity contribution in [3.05, 3.63) is 83.4 Å². The summed E-state index contributed by atoms with van der Waals surface area (Å²) in [6.45, 7) is 3.68. The van der Waals surface area contributed by atoms with Gasteiger partial charge in [0.1, 0.15) is 29.3 Å². The number of hydrogen-bond acceptors (Lipinski definition) is 5. The number of rotatable bonds is 8. The Bertz CT molecular complexity index is 1230. The van der Waals surface area contributed by atoms with Crippen LogP contribution in [-0.4, -0.2) is 35.9 Å². The Morgan fingerprint density at radius 1 is 0.943 bits per heavy atom. The number of nitrogens with zero attached hydrogens (tertiary/aromatic N) is 1. The Morgan fingerprint density at radius 2 is 1.51 bits per heavy atom. The van der Waals surface area contributed by atoms with Crippen LogP contribution in [0.5, 0.6) is 17.2 Å². The fourth-order valence-corrected chi connectivity index (χ4v) is 3.80. The fourth-order valence-electron chi connectivity index (χ4n) is 3.68. The number of halogens is 1. The molecule has 1 atom stereocenters. The summed E-state index contributed by atoms with van der Waals surface area (Å²) in [4.78, 5) is 38.9. The molecule has 0 spiro atoms.